The highest BCUT2D eigenvalue weighted by atomic mass is 16.2. The third kappa shape index (κ3) is 2.71. The predicted octanol–water partition coefficient (Wildman–Crippen LogP) is 2.22. The van der Waals surface area contributed by atoms with Crippen LogP contribution >= 0.6 is 0 Å². The molecule has 4 heteroatoms. The molecule has 2 amide bonds. The molecule has 0 aromatic rings. The van der Waals surface area contributed by atoms with Crippen LogP contribution in [0.3, 0.4) is 0 Å². The van der Waals surface area contributed by atoms with Crippen molar-refractivity contribution < 1.29 is 4.79 Å². The molecule has 2 heterocycles. The molecule has 0 aromatic heterocycles. The van der Waals surface area contributed by atoms with Crippen LogP contribution in [-0.4, -0.2) is 41.5 Å². The molecule has 0 aromatic carbocycles. The average molecular weight is 235 g/mol. The minimum atomic E-state index is -0.199. The highest BCUT2D eigenvalue weighted by Crippen LogP contribution is 2.21. The van der Waals surface area contributed by atoms with Crippen molar-refractivity contribution in [3.8, 4) is 6.07 Å². The van der Waals surface area contributed by atoms with Gasteiger partial charge in [0.05, 0.1) is 6.07 Å². The fourth-order valence-corrected chi connectivity index (χ4v) is 2.68. The van der Waals surface area contributed by atoms with Gasteiger partial charge in [0.25, 0.3) is 0 Å². The maximum atomic E-state index is 12.3. The highest BCUT2D eigenvalue weighted by molar-refractivity contribution is 5.75. The second kappa shape index (κ2) is 5.39. The number of carbonyl (C=O) groups excluding carboxylic acids is 1. The number of carbonyl (C=O) groups is 1. The van der Waals surface area contributed by atoms with Crippen molar-refractivity contribution in [3.63, 3.8) is 0 Å². The van der Waals surface area contributed by atoms with E-state index >= 15 is 0 Å². The Morgan fingerprint density at radius 1 is 1.18 bits per heavy atom. The zero-order chi connectivity index (χ0) is 12.3. The zero-order valence-corrected chi connectivity index (χ0v) is 10.6. The first-order valence-corrected chi connectivity index (χ1v) is 6.67. The third-order valence-electron chi connectivity index (χ3n) is 3.95. The minimum absolute atomic E-state index is 0.0863. The van der Waals surface area contributed by atoms with E-state index < -0.39 is 0 Å². The van der Waals surface area contributed by atoms with E-state index in [2.05, 4.69) is 13.0 Å². The van der Waals surface area contributed by atoms with E-state index in [1.165, 1.54) is 0 Å². The summed E-state index contributed by atoms with van der Waals surface area (Å²) in [5, 5.41) is 9.09. The van der Waals surface area contributed by atoms with Gasteiger partial charge in [-0.05, 0) is 38.0 Å². The Kier molecular flexibility index (Phi) is 3.88. The Morgan fingerprint density at radius 2 is 1.88 bits per heavy atom. The summed E-state index contributed by atoms with van der Waals surface area (Å²) in [6.45, 7) is 4.70. The van der Waals surface area contributed by atoms with Crippen molar-refractivity contribution in [1.82, 2.24) is 9.80 Å². The van der Waals surface area contributed by atoms with Crippen LogP contribution in [0.5, 0.6) is 0 Å². The number of nitrogens with zero attached hydrogens (tertiary/aromatic N) is 3. The van der Waals surface area contributed by atoms with E-state index in [1.807, 2.05) is 4.90 Å². The second-order valence-corrected chi connectivity index (χ2v) is 5.29. The van der Waals surface area contributed by atoms with Crippen LogP contribution in [0, 0.1) is 17.2 Å². The molecule has 2 fully saturated rings. The predicted molar refractivity (Wildman–Crippen MR) is 65.3 cm³/mol. The zero-order valence-electron chi connectivity index (χ0n) is 10.6. The van der Waals surface area contributed by atoms with Gasteiger partial charge in [-0.2, -0.15) is 5.26 Å². The molecule has 4 nitrogen and oxygen atoms in total. The van der Waals surface area contributed by atoms with Crippen LogP contribution in [0.4, 0.5) is 4.79 Å². The minimum Gasteiger partial charge on any atom is -0.325 e. The molecular weight excluding hydrogens is 214 g/mol. The molecule has 0 saturated carbocycles. The van der Waals surface area contributed by atoms with Crippen molar-refractivity contribution in [2.45, 2.75) is 45.1 Å². The third-order valence-corrected chi connectivity index (χ3v) is 3.95. The molecule has 0 aliphatic carbocycles. The van der Waals surface area contributed by atoms with E-state index in [0.29, 0.717) is 0 Å². The topological polar surface area (TPSA) is 47.3 Å². The van der Waals surface area contributed by atoms with Crippen molar-refractivity contribution in [3.05, 3.63) is 0 Å². The number of hydrogen-bond donors (Lipinski definition) is 0. The molecule has 1 atom stereocenters. The van der Waals surface area contributed by atoms with E-state index in [0.717, 1.165) is 57.7 Å². The lowest BCUT2D eigenvalue weighted by Crippen LogP contribution is -2.51. The van der Waals surface area contributed by atoms with E-state index in [-0.39, 0.29) is 12.1 Å². The maximum Gasteiger partial charge on any atom is 0.321 e. The first-order valence-electron chi connectivity index (χ1n) is 6.67. The number of amides is 2. The van der Waals surface area contributed by atoms with Gasteiger partial charge in [-0.25, -0.2) is 4.79 Å². The van der Waals surface area contributed by atoms with Crippen molar-refractivity contribution in [2.24, 2.45) is 5.92 Å². The van der Waals surface area contributed by atoms with Crippen molar-refractivity contribution in [2.75, 3.05) is 19.6 Å². The average Bonchev–Trinajstić information content (AvgIpc) is 2.39. The van der Waals surface area contributed by atoms with Gasteiger partial charge in [-0.1, -0.05) is 6.92 Å². The van der Waals surface area contributed by atoms with Gasteiger partial charge in [0.1, 0.15) is 6.04 Å². The van der Waals surface area contributed by atoms with Crippen molar-refractivity contribution in [1.29, 1.82) is 5.26 Å². The Hall–Kier alpha value is -1.24. The first kappa shape index (κ1) is 12.2. The lowest BCUT2D eigenvalue weighted by atomic mass is 9.99. The number of piperidine rings is 2. The molecule has 1 unspecified atom stereocenters. The Morgan fingerprint density at radius 3 is 2.53 bits per heavy atom. The normalized spacial score (nSPS) is 26.7. The summed E-state index contributed by atoms with van der Waals surface area (Å²) in [7, 11) is 0. The smallest absolute Gasteiger partial charge is 0.321 e. The summed E-state index contributed by atoms with van der Waals surface area (Å²) in [5.74, 6) is 0.729. The van der Waals surface area contributed by atoms with Gasteiger partial charge in [-0.15, -0.1) is 0 Å². The van der Waals surface area contributed by atoms with E-state index in [1.54, 1.807) is 4.90 Å². The summed E-state index contributed by atoms with van der Waals surface area (Å²) in [6.07, 6.45) is 5.13. The standard InChI is InChI=1S/C13H21N3O/c1-11-5-8-15(9-6-11)13(17)16-7-3-2-4-12(16)10-14/h11-12H,2-9H2,1H3. The first-order chi connectivity index (χ1) is 8.22. The SMILES string of the molecule is CC1CCN(C(=O)N2CCCCC2C#N)CC1. The Balaban J connectivity index is 1.96. The Bertz CT molecular complexity index is 315. The van der Waals surface area contributed by atoms with Crippen LogP contribution in [0.2, 0.25) is 0 Å². The maximum absolute atomic E-state index is 12.3. The molecule has 2 aliphatic rings. The number of nitriles is 1. The fourth-order valence-electron chi connectivity index (χ4n) is 2.68. The van der Waals surface area contributed by atoms with Gasteiger partial charge in [0, 0.05) is 19.6 Å². The monoisotopic (exact) mass is 235 g/mol. The van der Waals surface area contributed by atoms with Crippen LogP contribution in [0.25, 0.3) is 0 Å². The second-order valence-electron chi connectivity index (χ2n) is 5.29. The molecule has 2 rings (SSSR count). The van der Waals surface area contributed by atoms with Gasteiger partial charge in [-0.3, -0.25) is 0 Å². The molecule has 94 valence electrons. The van der Waals surface area contributed by atoms with E-state index in [9.17, 15) is 4.79 Å². The summed E-state index contributed by atoms with van der Waals surface area (Å²) in [6, 6.07) is 2.15. The lowest BCUT2D eigenvalue weighted by molar-refractivity contribution is 0.115. The van der Waals surface area contributed by atoms with E-state index in [4.69, 9.17) is 5.26 Å². The van der Waals surface area contributed by atoms with Gasteiger partial charge >= 0.3 is 6.03 Å². The summed E-state index contributed by atoms with van der Waals surface area (Å²) < 4.78 is 0. The summed E-state index contributed by atoms with van der Waals surface area (Å²) in [4.78, 5) is 16.0. The molecule has 0 spiro atoms. The van der Waals surface area contributed by atoms with Crippen molar-refractivity contribution >= 4 is 6.03 Å². The van der Waals surface area contributed by atoms with Gasteiger partial charge in [0.2, 0.25) is 0 Å². The number of rotatable bonds is 0. The van der Waals surface area contributed by atoms with Gasteiger partial charge in [0.15, 0.2) is 0 Å². The molecule has 2 saturated heterocycles. The number of likely N-dealkylation sites (tertiary alicyclic amines) is 2. The molecule has 0 bridgehead atoms. The molecule has 0 radical (unpaired) electrons. The van der Waals surface area contributed by atoms with Crippen LogP contribution in [0.1, 0.15) is 39.0 Å². The molecule has 2 aliphatic heterocycles. The lowest BCUT2D eigenvalue weighted by Gasteiger charge is -2.38. The molecular formula is C13H21N3O. The van der Waals surface area contributed by atoms with Gasteiger partial charge < -0.3 is 9.80 Å². The number of urea groups is 1. The summed E-state index contributed by atoms with van der Waals surface area (Å²) >= 11 is 0. The van der Waals surface area contributed by atoms with Crippen LogP contribution in [-0.2, 0) is 0 Å². The van der Waals surface area contributed by atoms with Crippen LogP contribution < -0.4 is 0 Å². The molecule has 0 N–H and O–H groups in total. The fraction of sp³-hybridized carbons (Fsp3) is 0.846. The Labute approximate surface area is 103 Å². The molecule has 17 heavy (non-hydrogen) atoms. The largest absolute Gasteiger partial charge is 0.325 e. The summed E-state index contributed by atoms with van der Waals surface area (Å²) in [5.41, 5.74) is 0. The quantitative estimate of drug-likeness (QED) is 0.646. The number of hydrogen-bond acceptors (Lipinski definition) is 2. The van der Waals surface area contributed by atoms with Crippen LogP contribution in [0.15, 0.2) is 0 Å². The highest BCUT2D eigenvalue weighted by Gasteiger charge is 2.31.